The standard InChI is InChI=1S/C24H25FN2O2S.ClH/c25-21-10-12-23(20-8-2-1-7-19(20)21)30(28,29)26-14-4-15-27-16-13-18-6-3-5-17-9-11-22(27)24(17)18;/h1-3,5-8,10,12,22,26H,4,9,11,13-16H2;1H. The number of sulfonamides is 1. The van der Waals surface area contributed by atoms with Gasteiger partial charge in [-0.05, 0) is 54.5 Å². The number of benzene rings is 3. The Labute approximate surface area is 188 Å². The number of nitrogens with one attached hydrogen (secondary N) is 1. The van der Waals surface area contributed by atoms with Gasteiger partial charge >= 0.3 is 0 Å². The molecule has 0 fully saturated rings. The number of aryl methyl sites for hydroxylation is 1. The molecular formula is C24H26ClFN2O2S. The monoisotopic (exact) mass is 460 g/mol. The fourth-order valence-corrected chi connectivity index (χ4v) is 6.34. The molecule has 0 bridgehead atoms. The Hall–Kier alpha value is -1.99. The van der Waals surface area contributed by atoms with Crippen LogP contribution in [0.3, 0.4) is 0 Å². The first-order valence-electron chi connectivity index (χ1n) is 10.6. The topological polar surface area (TPSA) is 49.4 Å². The van der Waals surface area contributed by atoms with Gasteiger partial charge in [-0.2, -0.15) is 0 Å². The lowest BCUT2D eigenvalue weighted by Crippen LogP contribution is -2.36. The lowest BCUT2D eigenvalue weighted by molar-refractivity contribution is 0.184. The maximum absolute atomic E-state index is 14.0. The van der Waals surface area contributed by atoms with Crippen molar-refractivity contribution < 1.29 is 12.8 Å². The van der Waals surface area contributed by atoms with Gasteiger partial charge in [0.25, 0.3) is 0 Å². The number of halogens is 2. The molecule has 1 atom stereocenters. The smallest absolute Gasteiger partial charge is 0.241 e. The highest BCUT2D eigenvalue weighted by Crippen LogP contribution is 2.41. The molecule has 0 spiro atoms. The van der Waals surface area contributed by atoms with E-state index in [2.05, 4.69) is 27.8 Å². The van der Waals surface area contributed by atoms with E-state index in [4.69, 9.17) is 0 Å². The molecule has 1 aliphatic heterocycles. The van der Waals surface area contributed by atoms with E-state index >= 15 is 0 Å². The summed E-state index contributed by atoms with van der Waals surface area (Å²) in [5.41, 5.74) is 4.48. The van der Waals surface area contributed by atoms with Crippen molar-refractivity contribution in [1.82, 2.24) is 9.62 Å². The molecular weight excluding hydrogens is 435 g/mol. The third-order valence-corrected chi connectivity index (χ3v) is 7.97. The minimum atomic E-state index is -3.70. The fourth-order valence-electron chi connectivity index (χ4n) is 5.05. The van der Waals surface area contributed by atoms with Gasteiger partial charge in [0.1, 0.15) is 5.82 Å². The highest BCUT2D eigenvalue weighted by Gasteiger charge is 2.32. The summed E-state index contributed by atoms with van der Waals surface area (Å²) in [4.78, 5) is 2.63. The average Bonchev–Trinajstić information content (AvgIpc) is 3.19. The highest BCUT2D eigenvalue weighted by atomic mass is 35.5. The van der Waals surface area contributed by atoms with Gasteiger partial charge in [-0.1, -0.05) is 42.5 Å². The molecule has 1 N–H and O–H groups in total. The van der Waals surface area contributed by atoms with E-state index in [0.29, 0.717) is 23.4 Å². The maximum Gasteiger partial charge on any atom is 0.241 e. The normalized spacial score (nSPS) is 18.0. The van der Waals surface area contributed by atoms with E-state index in [1.54, 1.807) is 24.3 Å². The van der Waals surface area contributed by atoms with Crippen molar-refractivity contribution in [1.29, 1.82) is 0 Å². The molecule has 1 heterocycles. The molecule has 0 saturated carbocycles. The van der Waals surface area contributed by atoms with Gasteiger partial charge < -0.3 is 0 Å². The molecule has 4 nitrogen and oxygen atoms in total. The van der Waals surface area contributed by atoms with E-state index in [9.17, 15) is 12.8 Å². The first kappa shape index (κ1) is 22.2. The Morgan fingerprint density at radius 1 is 0.968 bits per heavy atom. The van der Waals surface area contributed by atoms with Crippen LogP contribution in [0.25, 0.3) is 10.8 Å². The van der Waals surface area contributed by atoms with Gasteiger partial charge in [0, 0.05) is 36.4 Å². The number of hydrogen-bond acceptors (Lipinski definition) is 3. The van der Waals surface area contributed by atoms with Crippen molar-refractivity contribution in [2.75, 3.05) is 19.6 Å². The second-order valence-electron chi connectivity index (χ2n) is 8.17. The summed E-state index contributed by atoms with van der Waals surface area (Å²) in [6.45, 7) is 2.26. The van der Waals surface area contributed by atoms with Crippen molar-refractivity contribution in [3.05, 3.63) is 77.1 Å². The van der Waals surface area contributed by atoms with Crippen LogP contribution in [0, 0.1) is 5.82 Å². The number of hydrogen-bond donors (Lipinski definition) is 1. The van der Waals surface area contributed by atoms with Crippen LogP contribution < -0.4 is 4.72 Å². The second kappa shape index (κ2) is 8.87. The molecule has 1 unspecified atom stereocenters. The summed E-state index contributed by atoms with van der Waals surface area (Å²) < 4.78 is 42.4. The summed E-state index contributed by atoms with van der Waals surface area (Å²) in [5, 5.41) is 0.737. The number of fused-ring (bicyclic) bond motifs is 1. The average molecular weight is 461 g/mol. The summed E-state index contributed by atoms with van der Waals surface area (Å²) in [5.74, 6) is -0.411. The van der Waals surface area contributed by atoms with Gasteiger partial charge in [0.15, 0.2) is 0 Å². The third kappa shape index (κ3) is 4.10. The van der Waals surface area contributed by atoms with Crippen LogP contribution in [-0.4, -0.2) is 33.0 Å². The van der Waals surface area contributed by atoms with E-state index in [1.165, 1.54) is 28.8 Å². The lowest BCUT2D eigenvalue weighted by Gasteiger charge is -2.35. The van der Waals surface area contributed by atoms with Crippen molar-refractivity contribution in [3.63, 3.8) is 0 Å². The maximum atomic E-state index is 14.0. The van der Waals surface area contributed by atoms with Gasteiger partial charge in [-0.3, -0.25) is 4.90 Å². The molecule has 1 aliphatic carbocycles. The third-order valence-electron chi connectivity index (χ3n) is 6.45. The van der Waals surface area contributed by atoms with Crippen molar-refractivity contribution >= 4 is 33.2 Å². The van der Waals surface area contributed by atoms with E-state index in [-0.39, 0.29) is 17.3 Å². The van der Waals surface area contributed by atoms with Crippen LogP contribution in [0.4, 0.5) is 4.39 Å². The lowest BCUT2D eigenvalue weighted by atomic mass is 9.93. The summed E-state index contributed by atoms with van der Waals surface area (Å²) in [6.07, 6.45) is 4.09. The van der Waals surface area contributed by atoms with Crippen LogP contribution in [-0.2, 0) is 22.9 Å². The quantitative estimate of drug-likeness (QED) is 0.546. The van der Waals surface area contributed by atoms with E-state index in [0.717, 1.165) is 38.8 Å². The number of rotatable bonds is 6. The van der Waals surface area contributed by atoms with Crippen molar-refractivity contribution in [3.8, 4) is 0 Å². The Balaban J connectivity index is 0.00000231. The summed E-state index contributed by atoms with van der Waals surface area (Å²) in [7, 11) is -3.70. The minimum Gasteiger partial charge on any atom is -0.296 e. The second-order valence-corrected chi connectivity index (χ2v) is 9.91. The molecule has 164 valence electrons. The van der Waals surface area contributed by atoms with Gasteiger partial charge in [0.2, 0.25) is 10.0 Å². The molecule has 0 radical (unpaired) electrons. The van der Waals surface area contributed by atoms with Gasteiger partial charge in [0.05, 0.1) is 4.90 Å². The van der Waals surface area contributed by atoms with Crippen LogP contribution in [0.5, 0.6) is 0 Å². The predicted molar refractivity (Wildman–Crippen MR) is 124 cm³/mol. The largest absolute Gasteiger partial charge is 0.296 e. The van der Waals surface area contributed by atoms with Crippen LogP contribution in [0.1, 0.15) is 35.6 Å². The first-order valence-corrected chi connectivity index (χ1v) is 12.0. The predicted octanol–water partition coefficient (Wildman–Crippen LogP) is 4.61. The first-order chi connectivity index (χ1) is 14.5. The molecule has 3 aromatic rings. The van der Waals surface area contributed by atoms with Gasteiger partial charge in [-0.15, -0.1) is 12.4 Å². The molecule has 0 amide bonds. The molecule has 0 saturated heterocycles. The molecule has 3 aromatic carbocycles. The SMILES string of the molecule is Cl.O=S(=O)(NCCCN1CCc2cccc3c2C1CC3)c1ccc(F)c2ccccc12. The van der Waals surface area contributed by atoms with Crippen LogP contribution in [0.15, 0.2) is 59.5 Å². The Bertz CT molecular complexity index is 1220. The number of nitrogens with zero attached hydrogens (tertiary/aromatic N) is 1. The zero-order valence-electron chi connectivity index (χ0n) is 17.2. The molecule has 31 heavy (non-hydrogen) atoms. The Morgan fingerprint density at radius 2 is 1.71 bits per heavy atom. The Kier molecular flexibility index (Phi) is 6.35. The molecule has 2 aliphatic rings. The summed E-state index contributed by atoms with van der Waals surface area (Å²) in [6, 6.07) is 16.4. The zero-order valence-corrected chi connectivity index (χ0v) is 18.8. The summed E-state index contributed by atoms with van der Waals surface area (Å²) >= 11 is 0. The van der Waals surface area contributed by atoms with E-state index in [1.807, 2.05) is 0 Å². The highest BCUT2D eigenvalue weighted by molar-refractivity contribution is 7.89. The van der Waals surface area contributed by atoms with Crippen LogP contribution >= 0.6 is 12.4 Å². The zero-order chi connectivity index (χ0) is 20.7. The minimum absolute atomic E-state index is 0. The fraction of sp³-hybridized carbons (Fsp3) is 0.333. The van der Waals surface area contributed by atoms with Crippen molar-refractivity contribution in [2.24, 2.45) is 0 Å². The van der Waals surface area contributed by atoms with Gasteiger partial charge in [-0.25, -0.2) is 17.5 Å². The molecule has 7 heteroatoms. The Morgan fingerprint density at radius 3 is 2.52 bits per heavy atom. The molecule has 0 aromatic heterocycles. The van der Waals surface area contributed by atoms with Crippen LogP contribution in [0.2, 0.25) is 0 Å². The van der Waals surface area contributed by atoms with Crippen molar-refractivity contribution in [2.45, 2.75) is 36.6 Å². The molecule has 5 rings (SSSR count). The van der Waals surface area contributed by atoms with E-state index < -0.39 is 15.8 Å².